The molecule has 1 aromatic heterocycles. The fraction of sp³-hybridized carbons (Fsp3) is 0.636. The zero-order valence-corrected chi connectivity index (χ0v) is 11.4. The number of nitrogens with zero attached hydrogens (tertiary/aromatic N) is 3. The molecule has 7 heteroatoms. The van der Waals surface area contributed by atoms with E-state index >= 15 is 0 Å². The molecule has 0 aliphatic carbocycles. The summed E-state index contributed by atoms with van der Waals surface area (Å²) in [6.07, 6.45) is -0.310. The van der Waals surface area contributed by atoms with E-state index in [0.29, 0.717) is 24.1 Å². The number of amides is 1. The number of rotatable bonds is 1. The third-order valence-corrected chi connectivity index (χ3v) is 2.85. The summed E-state index contributed by atoms with van der Waals surface area (Å²) in [5.74, 6) is 0.385. The van der Waals surface area contributed by atoms with Gasteiger partial charge in [-0.1, -0.05) is 11.6 Å². The van der Waals surface area contributed by atoms with Gasteiger partial charge in [0.1, 0.15) is 16.6 Å². The first-order valence-electron chi connectivity index (χ1n) is 5.75. The van der Waals surface area contributed by atoms with E-state index in [9.17, 15) is 4.79 Å². The van der Waals surface area contributed by atoms with Crippen molar-refractivity contribution in [1.82, 2.24) is 14.7 Å². The SMILES string of the molecule is CC(C)(C)OC(=O)N1CC(n2nc(N)cc2Cl)C1. The largest absolute Gasteiger partial charge is 0.444 e. The topological polar surface area (TPSA) is 73.4 Å². The normalized spacial score (nSPS) is 16.6. The standard InChI is InChI=1S/C11H17ClN4O2/c1-11(2,3)18-10(17)15-5-7(6-15)16-8(12)4-9(13)14-16/h4,7H,5-6H2,1-3H3,(H2,13,14). The third kappa shape index (κ3) is 2.69. The molecule has 0 saturated carbocycles. The van der Waals surface area contributed by atoms with Crippen molar-refractivity contribution in [1.29, 1.82) is 0 Å². The first kappa shape index (κ1) is 13.0. The molecule has 2 rings (SSSR count). The molecule has 18 heavy (non-hydrogen) atoms. The minimum Gasteiger partial charge on any atom is -0.444 e. The molecule has 2 heterocycles. The fourth-order valence-corrected chi connectivity index (χ4v) is 2.02. The summed E-state index contributed by atoms with van der Waals surface area (Å²) in [6.45, 7) is 6.60. The molecule has 0 aromatic carbocycles. The molecule has 2 N–H and O–H groups in total. The van der Waals surface area contributed by atoms with Crippen molar-refractivity contribution >= 4 is 23.5 Å². The minimum atomic E-state index is -0.476. The number of carbonyl (C=O) groups excluding carboxylic acids is 1. The minimum absolute atomic E-state index is 0.0716. The predicted molar refractivity (Wildman–Crippen MR) is 68.5 cm³/mol. The van der Waals surface area contributed by atoms with E-state index in [-0.39, 0.29) is 12.1 Å². The molecule has 1 fully saturated rings. The van der Waals surface area contributed by atoms with Crippen molar-refractivity contribution in [3.63, 3.8) is 0 Å². The van der Waals surface area contributed by atoms with Crippen LogP contribution in [0.3, 0.4) is 0 Å². The quantitative estimate of drug-likeness (QED) is 0.847. The summed E-state index contributed by atoms with van der Waals surface area (Å²) in [5, 5.41) is 4.57. The number of likely N-dealkylation sites (tertiary alicyclic amines) is 1. The summed E-state index contributed by atoms with van der Waals surface area (Å²) in [4.78, 5) is 13.3. The van der Waals surface area contributed by atoms with Crippen LogP contribution in [0.15, 0.2) is 6.07 Å². The Morgan fingerprint density at radius 1 is 1.56 bits per heavy atom. The van der Waals surface area contributed by atoms with Crippen molar-refractivity contribution < 1.29 is 9.53 Å². The lowest BCUT2D eigenvalue weighted by Crippen LogP contribution is -2.52. The average molecular weight is 273 g/mol. The number of anilines is 1. The summed E-state index contributed by atoms with van der Waals surface area (Å²) in [5.41, 5.74) is 5.08. The summed E-state index contributed by atoms with van der Waals surface area (Å²) in [6, 6.07) is 1.67. The van der Waals surface area contributed by atoms with Gasteiger partial charge in [-0.15, -0.1) is 0 Å². The predicted octanol–water partition coefficient (Wildman–Crippen LogP) is 1.91. The monoisotopic (exact) mass is 272 g/mol. The molecule has 6 nitrogen and oxygen atoms in total. The fourth-order valence-electron chi connectivity index (χ4n) is 1.73. The summed E-state index contributed by atoms with van der Waals surface area (Å²) in [7, 11) is 0. The molecular formula is C11H17ClN4O2. The van der Waals surface area contributed by atoms with Crippen molar-refractivity contribution in [3.8, 4) is 0 Å². The highest BCUT2D eigenvalue weighted by Crippen LogP contribution is 2.27. The molecule has 1 aliphatic heterocycles. The van der Waals surface area contributed by atoms with Gasteiger partial charge in [-0.3, -0.25) is 0 Å². The van der Waals surface area contributed by atoms with Crippen molar-refractivity contribution in [2.75, 3.05) is 18.8 Å². The third-order valence-electron chi connectivity index (χ3n) is 2.57. The Kier molecular flexibility index (Phi) is 3.14. The van der Waals surface area contributed by atoms with Gasteiger partial charge in [0.25, 0.3) is 0 Å². The van der Waals surface area contributed by atoms with Gasteiger partial charge in [0.15, 0.2) is 0 Å². The molecule has 0 bridgehead atoms. The Hall–Kier alpha value is -1.43. The van der Waals surface area contributed by atoms with E-state index in [2.05, 4.69) is 5.10 Å². The molecule has 0 spiro atoms. The first-order chi connectivity index (χ1) is 8.26. The second kappa shape index (κ2) is 4.35. The second-order valence-electron chi connectivity index (χ2n) is 5.38. The summed E-state index contributed by atoms with van der Waals surface area (Å²) < 4.78 is 6.90. The van der Waals surface area contributed by atoms with Crippen LogP contribution in [0.1, 0.15) is 26.8 Å². The maximum absolute atomic E-state index is 11.7. The Morgan fingerprint density at radius 2 is 2.17 bits per heavy atom. The number of halogens is 1. The zero-order chi connectivity index (χ0) is 13.5. The number of ether oxygens (including phenoxy) is 1. The second-order valence-corrected chi connectivity index (χ2v) is 5.76. The van der Waals surface area contributed by atoms with Gasteiger partial charge in [0.2, 0.25) is 0 Å². The Morgan fingerprint density at radius 3 is 2.61 bits per heavy atom. The Bertz CT molecular complexity index is 460. The number of nitrogen functional groups attached to an aromatic ring is 1. The molecule has 1 amide bonds. The van der Waals surface area contributed by atoms with Crippen LogP contribution in [-0.4, -0.2) is 39.5 Å². The van der Waals surface area contributed by atoms with Crippen LogP contribution in [-0.2, 0) is 4.74 Å². The van der Waals surface area contributed by atoms with Crippen LogP contribution in [0.5, 0.6) is 0 Å². The lowest BCUT2D eigenvalue weighted by Gasteiger charge is -2.39. The number of hydrogen-bond donors (Lipinski definition) is 1. The molecule has 0 radical (unpaired) electrons. The maximum atomic E-state index is 11.7. The van der Waals surface area contributed by atoms with Gasteiger partial charge < -0.3 is 15.4 Å². The van der Waals surface area contributed by atoms with E-state index in [1.807, 2.05) is 20.8 Å². The van der Waals surface area contributed by atoms with E-state index in [1.54, 1.807) is 15.6 Å². The zero-order valence-electron chi connectivity index (χ0n) is 10.7. The van der Waals surface area contributed by atoms with Crippen LogP contribution in [0.2, 0.25) is 5.15 Å². The van der Waals surface area contributed by atoms with Gasteiger partial charge in [-0.2, -0.15) is 5.10 Å². The van der Waals surface area contributed by atoms with Crippen LogP contribution in [0.4, 0.5) is 10.6 Å². The molecule has 0 atom stereocenters. The van der Waals surface area contributed by atoms with Crippen molar-refractivity contribution in [2.45, 2.75) is 32.4 Å². The van der Waals surface area contributed by atoms with E-state index in [1.165, 1.54) is 0 Å². The van der Waals surface area contributed by atoms with Crippen molar-refractivity contribution in [3.05, 3.63) is 11.2 Å². The van der Waals surface area contributed by atoms with Crippen molar-refractivity contribution in [2.24, 2.45) is 0 Å². The molecular weight excluding hydrogens is 256 g/mol. The Balaban J connectivity index is 1.91. The molecule has 1 saturated heterocycles. The first-order valence-corrected chi connectivity index (χ1v) is 6.12. The van der Waals surface area contributed by atoms with Gasteiger partial charge in [0, 0.05) is 19.2 Å². The van der Waals surface area contributed by atoms with Gasteiger partial charge >= 0.3 is 6.09 Å². The van der Waals surface area contributed by atoms with Crippen LogP contribution >= 0.6 is 11.6 Å². The van der Waals surface area contributed by atoms with E-state index < -0.39 is 5.60 Å². The molecule has 0 unspecified atom stereocenters. The van der Waals surface area contributed by atoms with Crippen LogP contribution in [0, 0.1) is 0 Å². The highest BCUT2D eigenvalue weighted by molar-refractivity contribution is 6.29. The Labute approximate surface area is 111 Å². The van der Waals surface area contributed by atoms with E-state index in [0.717, 1.165) is 0 Å². The molecule has 1 aromatic rings. The molecule has 100 valence electrons. The lowest BCUT2D eigenvalue weighted by atomic mass is 10.1. The van der Waals surface area contributed by atoms with Gasteiger partial charge in [-0.25, -0.2) is 9.48 Å². The van der Waals surface area contributed by atoms with Gasteiger partial charge in [-0.05, 0) is 20.8 Å². The number of nitrogens with two attached hydrogens (primary N) is 1. The highest BCUT2D eigenvalue weighted by Gasteiger charge is 2.36. The van der Waals surface area contributed by atoms with Crippen LogP contribution < -0.4 is 5.73 Å². The summed E-state index contributed by atoms with van der Waals surface area (Å²) >= 11 is 5.97. The van der Waals surface area contributed by atoms with E-state index in [4.69, 9.17) is 22.1 Å². The van der Waals surface area contributed by atoms with Crippen LogP contribution in [0.25, 0.3) is 0 Å². The lowest BCUT2D eigenvalue weighted by molar-refractivity contribution is -0.000314. The molecule has 1 aliphatic rings. The number of carbonyl (C=O) groups is 1. The van der Waals surface area contributed by atoms with Gasteiger partial charge in [0.05, 0.1) is 6.04 Å². The highest BCUT2D eigenvalue weighted by atomic mass is 35.5. The average Bonchev–Trinajstić information content (AvgIpc) is 2.39. The number of aromatic nitrogens is 2. The smallest absolute Gasteiger partial charge is 0.410 e. The number of hydrogen-bond acceptors (Lipinski definition) is 4. The maximum Gasteiger partial charge on any atom is 0.410 e.